The van der Waals surface area contributed by atoms with Gasteiger partial charge in [0.25, 0.3) is 0 Å². The third-order valence-corrected chi connectivity index (χ3v) is 3.69. The summed E-state index contributed by atoms with van der Waals surface area (Å²) in [5.74, 6) is 0. The molecule has 0 saturated heterocycles. The van der Waals surface area contributed by atoms with Crippen LogP contribution in [0.15, 0.2) is 52.5 Å². The van der Waals surface area contributed by atoms with Crippen LogP contribution in [-0.4, -0.2) is 12.0 Å². The maximum Gasteiger partial charge on any atom is 0.417 e. The van der Waals surface area contributed by atoms with Crippen molar-refractivity contribution in [2.75, 3.05) is 7.05 Å². The monoisotopic (exact) mass is 298 g/mol. The molecule has 0 radical (unpaired) electrons. The van der Waals surface area contributed by atoms with Gasteiger partial charge in [0.2, 0.25) is 0 Å². The number of hydrogen-bond acceptors (Lipinski definition) is 3. The minimum absolute atomic E-state index is 0.198. The van der Waals surface area contributed by atoms with Crippen LogP contribution >= 0.6 is 11.8 Å². The van der Waals surface area contributed by atoms with Crippen molar-refractivity contribution >= 4 is 11.8 Å². The first kappa shape index (κ1) is 14.9. The summed E-state index contributed by atoms with van der Waals surface area (Å²) in [6.45, 7) is 0.406. The van der Waals surface area contributed by atoms with E-state index in [1.807, 2.05) is 0 Å². The minimum atomic E-state index is -4.36. The molecule has 2 nitrogen and oxygen atoms in total. The fourth-order valence-electron chi connectivity index (χ4n) is 1.73. The summed E-state index contributed by atoms with van der Waals surface area (Å²) in [6, 6.07) is 7.79. The molecular formula is C14H13F3N2S. The van der Waals surface area contributed by atoms with E-state index in [2.05, 4.69) is 10.3 Å². The Morgan fingerprint density at radius 2 is 1.85 bits per heavy atom. The Labute approximate surface area is 119 Å². The molecule has 20 heavy (non-hydrogen) atoms. The molecular weight excluding hydrogens is 285 g/mol. The average molecular weight is 298 g/mol. The van der Waals surface area contributed by atoms with E-state index in [0.29, 0.717) is 12.1 Å². The zero-order valence-corrected chi connectivity index (χ0v) is 11.6. The summed E-state index contributed by atoms with van der Waals surface area (Å²) >= 11 is 1.09. The Morgan fingerprint density at radius 1 is 1.15 bits per heavy atom. The molecule has 0 amide bonds. The molecule has 1 aromatic carbocycles. The van der Waals surface area contributed by atoms with Gasteiger partial charge in [-0.25, -0.2) is 0 Å². The quantitative estimate of drug-likeness (QED) is 0.924. The van der Waals surface area contributed by atoms with Gasteiger partial charge in [0.15, 0.2) is 0 Å². The van der Waals surface area contributed by atoms with Crippen molar-refractivity contribution in [2.24, 2.45) is 0 Å². The molecule has 1 aromatic heterocycles. The Morgan fingerprint density at radius 3 is 2.45 bits per heavy atom. The van der Waals surface area contributed by atoms with Gasteiger partial charge >= 0.3 is 6.18 Å². The van der Waals surface area contributed by atoms with Crippen LogP contribution < -0.4 is 5.32 Å². The van der Waals surface area contributed by atoms with E-state index in [0.717, 1.165) is 16.7 Å². The molecule has 0 aliphatic carbocycles. The van der Waals surface area contributed by atoms with E-state index in [1.54, 1.807) is 37.6 Å². The Kier molecular flexibility index (Phi) is 4.67. The standard InChI is InChI=1S/C14H13F3N2S/c1-18-9-10-2-3-13(12(8-10)14(15,16)17)20-11-4-6-19-7-5-11/h2-8,18H,9H2,1H3. The van der Waals surface area contributed by atoms with Crippen molar-refractivity contribution in [1.82, 2.24) is 10.3 Å². The van der Waals surface area contributed by atoms with E-state index < -0.39 is 11.7 Å². The van der Waals surface area contributed by atoms with Crippen LogP contribution in [0.25, 0.3) is 0 Å². The predicted molar refractivity (Wildman–Crippen MR) is 72.6 cm³/mol. The van der Waals surface area contributed by atoms with Gasteiger partial charge in [0, 0.05) is 28.7 Å². The van der Waals surface area contributed by atoms with Crippen LogP contribution in [0.5, 0.6) is 0 Å². The molecule has 106 valence electrons. The van der Waals surface area contributed by atoms with Crippen LogP contribution in [0, 0.1) is 0 Å². The molecule has 0 aliphatic heterocycles. The summed E-state index contributed by atoms with van der Waals surface area (Å²) < 4.78 is 39.4. The van der Waals surface area contributed by atoms with Gasteiger partial charge in [-0.3, -0.25) is 4.98 Å². The molecule has 0 unspecified atom stereocenters. The van der Waals surface area contributed by atoms with Gasteiger partial charge < -0.3 is 5.32 Å². The zero-order valence-electron chi connectivity index (χ0n) is 10.7. The van der Waals surface area contributed by atoms with Crippen molar-refractivity contribution < 1.29 is 13.2 Å². The Bertz CT molecular complexity index is 570. The lowest BCUT2D eigenvalue weighted by atomic mass is 10.1. The van der Waals surface area contributed by atoms with E-state index >= 15 is 0 Å². The van der Waals surface area contributed by atoms with Gasteiger partial charge in [-0.05, 0) is 36.9 Å². The molecule has 0 saturated carbocycles. The van der Waals surface area contributed by atoms with Crippen molar-refractivity contribution in [2.45, 2.75) is 22.5 Å². The van der Waals surface area contributed by atoms with Gasteiger partial charge in [0.1, 0.15) is 0 Å². The van der Waals surface area contributed by atoms with Crippen LogP contribution in [0.3, 0.4) is 0 Å². The number of hydrogen-bond donors (Lipinski definition) is 1. The van der Waals surface area contributed by atoms with E-state index in [-0.39, 0.29) is 4.90 Å². The van der Waals surface area contributed by atoms with Crippen LogP contribution in [-0.2, 0) is 12.7 Å². The van der Waals surface area contributed by atoms with Crippen molar-refractivity contribution in [1.29, 1.82) is 0 Å². The van der Waals surface area contributed by atoms with E-state index in [1.165, 1.54) is 12.1 Å². The normalized spacial score (nSPS) is 11.6. The van der Waals surface area contributed by atoms with Crippen molar-refractivity contribution in [3.05, 3.63) is 53.9 Å². The lowest BCUT2D eigenvalue weighted by Crippen LogP contribution is -2.10. The predicted octanol–water partition coefficient (Wildman–Crippen LogP) is 3.97. The molecule has 0 bridgehead atoms. The highest BCUT2D eigenvalue weighted by Crippen LogP contribution is 2.39. The summed E-state index contributed by atoms with van der Waals surface area (Å²) in [4.78, 5) is 4.78. The summed E-state index contributed by atoms with van der Waals surface area (Å²) in [5.41, 5.74) is 0.00552. The smallest absolute Gasteiger partial charge is 0.316 e. The average Bonchev–Trinajstić information content (AvgIpc) is 2.41. The molecule has 1 N–H and O–H groups in total. The number of benzene rings is 1. The SMILES string of the molecule is CNCc1ccc(Sc2ccncc2)c(C(F)(F)F)c1. The molecule has 0 atom stereocenters. The van der Waals surface area contributed by atoms with Crippen molar-refractivity contribution in [3.8, 4) is 0 Å². The lowest BCUT2D eigenvalue weighted by molar-refractivity contribution is -0.139. The first-order chi connectivity index (χ1) is 9.50. The Hall–Kier alpha value is -1.53. The lowest BCUT2D eigenvalue weighted by Gasteiger charge is -2.14. The van der Waals surface area contributed by atoms with Gasteiger partial charge in [0.05, 0.1) is 5.56 Å². The maximum absolute atomic E-state index is 13.1. The summed E-state index contributed by atoms with van der Waals surface area (Å²) in [7, 11) is 1.70. The molecule has 0 fully saturated rings. The number of alkyl halides is 3. The first-order valence-corrected chi connectivity index (χ1v) is 6.75. The van der Waals surface area contributed by atoms with Crippen molar-refractivity contribution in [3.63, 3.8) is 0 Å². The number of pyridine rings is 1. The van der Waals surface area contributed by atoms with E-state index in [4.69, 9.17) is 0 Å². The van der Waals surface area contributed by atoms with Gasteiger partial charge in [-0.1, -0.05) is 17.8 Å². The topological polar surface area (TPSA) is 24.9 Å². The second-order valence-electron chi connectivity index (χ2n) is 4.14. The molecule has 6 heteroatoms. The number of aromatic nitrogens is 1. The molecule has 1 heterocycles. The fraction of sp³-hybridized carbons (Fsp3) is 0.214. The number of rotatable bonds is 4. The number of halogens is 3. The third kappa shape index (κ3) is 3.74. The largest absolute Gasteiger partial charge is 0.417 e. The first-order valence-electron chi connectivity index (χ1n) is 5.93. The highest BCUT2D eigenvalue weighted by atomic mass is 32.2. The van der Waals surface area contributed by atoms with Crippen LogP contribution in [0.2, 0.25) is 0 Å². The number of nitrogens with one attached hydrogen (secondary N) is 1. The maximum atomic E-state index is 13.1. The molecule has 2 rings (SSSR count). The second-order valence-corrected chi connectivity index (χ2v) is 5.26. The summed E-state index contributed by atoms with van der Waals surface area (Å²) in [6.07, 6.45) is -1.24. The van der Waals surface area contributed by atoms with Crippen LogP contribution in [0.1, 0.15) is 11.1 Å². The Balaban J connectivity index is 2.37. The highest BCUT2D eigenvalue weighted by molar-refractivity contribution is 7.99. The third-order valence-electron chi connectivity index (χ3n) is 2.61. The van der Waals surface area contributed by atoms with Crippen LogP contribution in [0.4, 0.5) is 13.2 Å². The highest BCUT2D eigenvalue weighted by Gasteiger charge is 2.33. The minimum Gasteiger partial charge on any atom is -0.316 e. The molecule has 2 aromatic rings. The zero-order chi connectivity index (χ0) is 14.6. The molecule has 0 spiro atoms. The van der Waals surface area contributed by atoms with E-state index in [9.17, 15) is 13.2 Å². The molecule has 0 aliphatic rings. The van der Waals surface area contributed by atoms with Gasteiger partial charge in [-0.15, -0.1) is 0 Å². The fourth-order valence-corrected chi connectivity index (χ4v) is 2.67. The van der Waals surface area contributed by atoms with Gasteiger partial charge in [-0.2, -0.15) is 13.2 Å². The second kappa shape index (κ2) is 6.28. The number of nitrogens with zero attached hydrogens (tertiary/aromatic N) is 1. The summed E-state index contributed by atoms with van der Waals surface area (Å²) in [5, 5.41) is 2.85.